The maximum atomic E-state index is 11.1. The van der Waals surface area contributed by atoms with Crippen molar-refractivity contribution >= 4 is 28.7 Å². The van der Waals surface area contributed by atoms with Crippen molar-refractivity contribution in [2.24, 2.45) is 0 Å². The van der Waals surface area contributed by atoms with Crippen molar-refractivity contribution in [2.75, 3.05) is 11.9 Å². The summed E-state index contributed by atoms with van der Waals surface area (Å²) >= 11 is 0. The molecule has 3 rings (SSSR count). The van der Waals surface area contributed by atoms with Gasteiger partial charge < -0.3 is 15.1 Å². The summed E-state index contributed by atoms with van der Waals surface area (Å²) in [5.41, 5.74) is 0.487. The highest BCUT2D eigenvalue weighted by atomic mass is 16.6. The number of anilines is 1. The van der Waals surface area contributed by atoms with Crippen molar-refractivity contribution in [3.63, 3.8) is 0 Å². The van der Waals surface area contributed by atoms with Crippen molar-refractivity contribution in [3.05, 3.63) is 28.3 Å². The lowest BCUT2D eigenvalue weighted by atomic mass is 10.2. The Balaban J connectivity index is 1.77. The van der Waals surface area contributed by atoms with E-state index < -0.39 is 4.92 Å². The fourth-order valence-electron chi connectivity index (χ4n) is 2.20. The predicted molar refractivity (Wildman–Crippen MR) is 70.3 cm³/mol. The van der Waals surface area contributed by atoms with E-state index in [9.17, 15) is 14.9 Å². The molecule has 1 aromatic heterocycles. The maximum absolute atomic E-state index is 11.1. The van der Waals surface area contributed by atoms with Gasteiger partial charge in [0, 0.05) is 25.1 Å². The fraction of sp³-hybridized carbons (Fsp3) is 0.333. The standard InChI is InChI=1S/C12H12N4O4/c17-10-5-4-7(14-10)6-13-12-15-11-8(16(18)19)2-1-3-9(11)20-12/h1-3,7H,4-6H2,(H,13,15)(H,14,17). The van der Waals surface area contributed by atoms with E-state index in [1.165, 1.54) is 6.07 Å². The van der Waals surface area contributed by atoms with Gasteiger partial charge >= 0.3 is 0 Å². The summed E-state index contributed by atoms with van der Waals surface area (Å²) in [6.07, 6.45) is 1.28. The lowest BCUT2D eigenvalue weighted by Crippen LogP contribution is -2.31. The summed E-state index contributed by atoms with van der Waals surface area (Å²) in [4.78, 5) is 25.5. The van der Waals surface area contributed by atoms with Gasteiger partial charge in [0.1, 0.15) is 0 Å². The number of non-ortho nitro benzene ring substituents is 1. The number of aromatic nitrogens is 1. The summed E-state index contributed by atoms with van der Waals surface area (Å²) in [6.45, 7) is 0.479. The lowest BCUT2D eigenvalue weighted by molar-refractivity contribution is -0.383. The number of nitrogens with one attached hydrogen (secondary N) is 2. The first-order valence-corrected chi connectivity index (χ1v) is 6.20. The molecule has 1 fully saturated rings. The third-order valence-corrected chi connectivity index (χ3v) is 3.18. The van der Waals surface area contributed by atoms with Gasteiger partial charge in [0.2, 0.25) is 5.91 Å². The van der Waals surface area contributed by atoms with Crippen LogP contribution in [-0.2, 0) is 4.79 Å². The highest BCUT2D eigenvalue weighted by Gasteiger charge is 2.22. The fourth-order valence-corrected chi connectivity index (χ4v) is 2.20. The third kappa shape index (κ3) is 2.27. The smallest absolute Gasteiger partial charge is 0.298 e. The molecule has 0 aliphatic carbocycles. The van der Waals surface area contributed by atoms with Gasteiger partial charge in [-0.1, -0.05) is 6.07 Å². The number of hydrogen-bond donors (Lipinski definition) is 2. The van der Waals surface area contributed by atoms with Crippen LogP contribution in [0.3, 0.4) is 0 Å². The van der Waals surface area contributed by atoms with Gasteiger partial charge in [-0.3, -0.25) is 14.9 Å². The highest BCUT2D eigenvalue weighted by Crippen LogP contribution is 2.27. The minimum atomic E-state index is -0.494. The van der Waals surface area contributed by atoms with Crippen LogP contribution in [0, 0.1) is 10.1 Å². The van der Waals surface area contributed by atoms with Gasteiger partial charge in [-0.05, 0) is 12.5 Å². The van der Waals surface area contributed by atoms with Crippen molar-refractivity contribution in [1.29, 1.82) is 0 Å². The number of carbonyl (C=O) groups is 1. The average Bonchev–Trinajstić information content (AvgIpc) is 3.01. The molecule has 0 bridgehead atoms. The molecular weight excluding hydrogens is 264 g/mol. The second kappa shape index (κ2) is 4.80. The number of rotatable bonds is 4. The third-order valence-electron chi connectivity index (χ3n) is 3.18. The molecule has 1 aliphatic rings. The largest absolute Gasteiger partial charge is 0.423 e. The molecule has 1 aromatic carbocycles. The summed E-state index contributed by atoms with van der Waals surface area (Å²) < 4.78 is 5.41. The Morgan fingerprint density at radius 1 is 1.55 bits per heavy atom. The molecule has 0 spiro atoms. The molecule has 8 nitrogen and oxygen atoms in total. The molecule has 0 radical (unpaired) electrons. The Morgan fingerprint density at radius 2 is 2.40 bits per heavy atom. The molecule has 1 amide bonds. The van der Waals surface area contributed by atoms with Gasteiger partial charge in [0.15, 0.2) is 11.1 Å². The first kappa shape index (κ1) is 12.4. The Hall–Kier alpha value is -2.64. The Morgan fingerprint density at radius 3 is 3.10 bits per heavy atom. The Labute approximate surface area is 113 Å². The van der Waals surface area contributed by atoms with Crippen molar-refractivity contribution in [2.45, 2.75) is 18.9 Å². The first-order valence-electron chi connectivity index (χ1n) is 6.20. The van der Waals surface area contributed by atoms with Crippen LogP contribution in [0.25, 0.3) is 11.1 Å². The van der Waals surface area contributed by atoms with Crippen LogP contribution >= 0.6 is 0 Å². The molecule has 20 heavy (non-hydrogen) atoms. The molecule has 1 aliphatic heterocycles. The average molecular weight is 276 g/mol. The van der Waals surface area contributed by atoms with E-state index in [4.69, 9.17) is 4.42 Å². The molecule has 2 aromatic rings. The van der Waals surface area contributed by atoms with Gasteiger partial charge in [-0.25, -0.2) is 0 Å². The monoisotopic (exact) mass is 276 g/mol. The van der Waals surface area contributed by atoms with Crippen LogP contribution in [-0.4, -0.2) is 28.4 Å². The number of fused-ring (bicyclic) bond motifs is 1. The number of para-hydroxylation sites is 1. The van der Waals surface area contributed by atoms with Crippen molar-refractivity contribution < 1.29 is 14.1 Å². The number of nitro groups is 1. The molecule has 1 saturated heterocycles. The van der Waals surface area contributed by atoms with E-state index in [0.29, 0.717) is 18.5 Å². The van der Waals surface area contributed by atoms with Crippen LogP contribution < -0.4 is 10.6 Å². The predicted octanol–water partition coefficient (Wildman–Crippen LogP) is 1.43. The number of oxazole rings is 1. The molecule has 2 heterocycles. The van der Waals surface area contributed by atoms with Gasteiger partial charge in [0.25, 0.3) is 11.7 Å². The van der Waals surface area contributed by atoms with Crippen LogP contribution in [0.2, 0.25) is 0 Å². The number of nitrogens with zero attached hydrogens (tertiary/aromatic N) is 2. The molecule has 2 N–H and O–H groups in total. The zero-order chi connectivity index (χ0) is 14.1. The van der Waals surface area contributed by atoms with Gasteiger partial charge in [-0.2, -0.15) is 4.98 Å². The number of carbonyl (C=O) groups excluding carboxylic acids is 1. The molecule has 8 heteroatoms. The molecule has 0 saturated carbocycles. The van der Waals surface area contributed by atoms with Crippen molar-refractivity contribution in [3.8, 4) is 0 Å². The summed E-state index contributed by atoms with van der Waals surface area (Å²) in [7, 11) is 0. The maximum Gasteiger partial charge on any atom is 0.298 e. The molecule has 1 atom stereocenters. The molecule has 104 valence electrons. The summed E-state index contributed by atoms with van der Waals surface area (Å²) in [5, 5.41) is 16.6. The first-order chi connectivity index (χ1) is 9.63. The summed E-state index contributed by atoms with van der Waals surface area (Å²) in [5.74, 6) is 0.0324. The van der Waals surface area contributed by atoms with Crippen LogP contribution in [0.1, 0.15) is 12.8 Å². The highest BCUT2D eigenvalue weighted by molar-refractivity contribution is 5.84. The van der Waals surface area contributed by atoms with Crippen LogP contribution in [0.5, 0.6) is 0 Å². The number of nitro benzene ring substituents is 1. The lowest BCUT2D eigenvalue weighted by Gasteiger charge is -2.08. The van der Waals surface area contributed by atoms with Crippen molar-refractivity contribution in [1.82, 2.24) is 10.3 Å². The second-order valence-electron chi connectivity index (χ2n) is 4.58. The number of benzene rings is 1. The molecular formula is C12H12N4O4. The topological polar surface area (TPSA) is 110 Å². The van der Waals surface area contributed by atoms with E-state index >= 15 is 0 Å². The normalized spacial score (nSPS) is 18.2. The quantitative estimate of drug-likeness (QED) is 0.645. The van der Waals surface area contributed by atoms with E-state index in [1.807, 2.05) is 0 Å². The van der Waals surface area contributed by atoms with Gasteiger partial charge in [-0.15, -0.1) is 0 Å². The van der Waals surface area contributed by atoms with E-state index in [0.717, 1.165) is 6.42 Å². The Kier molecular flexibility index (Phi) is 2.97. The minimum absolute atomic E-state index is 0.0324. The van der Waals surface area contributed by atoms with Crippen LogP contribution in [0.15, 0.2) is 22.6 Å². The van der Waals surface area contributed by atoms with E-state index in [-0.39, 0.29) is 29.2 Å². The second-order valence-corrected chi connectivity index (χ2v) is 4.58. The van der Waals surface area contributed by atoms with E-state index in [2.05, 4.69) is 15.6 Å². The minimum Gasteiger partial charge on any atom is -0.423 e. The summed E-state index contributed by atoms with van der Waals surface area (Å²) in [6, 6.07) is 4.80. The number of amides is 1. The molecule has 1 unspecified atom stereocenters. The number of hydrogen-bond acceptors (Lipinski definition) is 6. The zero-order valence-corrected chi connectivity index (χ0v) is 10.5. The zero-order valence-electron chi connectivity index (χ0n) is 10.5. The SMILES string of the molecule is O=C1CCC(CNc2nc3c([N+](=O)[O-])cccc3o2)N1. The van der Waals surface area contributed by atoms with E-state index in [1.54, 1.807) is 12.1 Å². The van der Waals surface area contributed by atoms with Crippen LogP contribution in [0.4, 0.5) is 11.7 Å². The van der Waals surface area contributed by atoms with Gasteiger partial charge in [0.05, 0.1) is 4.92 Å². The Bertz CT molecular complexity index is 681.